The minimum absolute atomic E-state index is 0.0685. The molecule has 0 heterocycles. The van der Waals surface area contributed by atoms with Gasteiger partial charge in [-0.2, -0.15) is 0 Å². The number of rotatable bonds is 7. The van der Waals surface area contributed by atoms with E-state index in [4.69, 9.17) is 9.84 Å². The Labute approximate surface area is 118 Å². The van der Waals surface area contributed by atoms with Crippen molar-refractivity contribution in [3.8, 4) is 0 Å². The van der Waals surface area contributed by atoms with Crippen molar-refractivity contribution < 1.29 is 19.0 Å². The van der Waals surface area contributed by atoms with Crippen molar-refractivity contribution >= 4 is 17.7 Å². The van der Waals surface area contributed by atoms with Gasteiger partial charge in [-0.05, 0) is 26.0 Å². The van der Waals surface area contributed by atoms with Crippen LogP contribution in [0.25, 0.3) is 6.08 Å². The predicted molar refractivity (Wildman–Crippen MR) is 77.4 cm³/mol. The molecule has 1 N–H and O–H groups in total. The highest BCUT2D eigenvalue weighted by Gasteiger charge is 2.17. The van der Waals surface area contributed by atoms with E-state index in [1.807, 2.05) is 18.7 Å². The maximum Gasteiger partial charge on any atom is 0.328 e. The summed E-state index contributed by atoms with van der Waals surface area (Å²) in [6.07, 6.45) is 2.41. The van der Waals surface area contributed by atoms with E-state index in [9.17, 15) is 9.18 Å². The van der Waals surface area contributed by atoms with Gasteiger partial charge in [-0.3, -0.25) is 0 Å². The van der Waals surface area contributed by atoms with Crippen molar-refractivity contribution in [2.24, 2.45) is 0 Å². The molecule has 110 valence electrons. The molecule has 4 nitrogen and oxygen atoms in total. The van der Waals surface area contributed by atoms with Crippen molar-refractivity contribution in [2.75, 3.05) is 25.2 Å². The number of nitrogens with zero attached hydrogens (tertiary/aromatic N) is 1. The molecule has 0 radical (unpaired) electrons. The second-order valence-corrected chi connectivity index (χ2v) is 4.63. The smallest absolute Gasteiger partial charge is 0.328 e. The fourth-order valence-electron chi connectivity index (χ4n) is 1.95. The summed E-state index contributed by atoms with van der Waals surface area (Å²) in [4.78, 5) is 12.5. The lowest BCUT2D eigenvalue weighted by Crippen LogP contribution is -2.35. The molecule has 0 atom stereocenters. The van der Waals surface area contributed by atoms with Gasteiger partial charge < -0.3 is 14.7 Å². The summed E-state index contributed by atoms with van der Waals surface area (Å²) < 4.78 is 19.2. The third-order valence-corrected chi connectivity index (χ3v) is 2.87. The summed E-state index contributed by atoms with van der Waals surface area (Å²) in [5, 5.41) is 8.71. The normalized spacial score (nSPS) is 11.2. The molecular formula is C15H20FNO3. The van der Waals surface area contributed by atoms with Crippen molar-refractivity contribution in [3.05, 3.63) is 35.7 Å². The molecule has 0 unspecified atom stereocenters. The Morgan fingerprint density at radius 2 is 2.20 bits per heavy atom. The fourth-order valence-corrected chi connectivity index (χ4v) is 1.95. The Morgan fingerprint density at radius 1 is 1.50 bits per heavy atom. The zero-order chi connectivity index (χ0) is 15.1. The number of halogens is 1. The van der Waals surface area contributed by atoms with Crippen LogP contribution < -0.4 is 4.90 Å². The second kappa shape index (κ2) is 7.65. The molecule has 5 heteroatoms. The molecule has 0 aliphatic rings. The van der Waals surface area contributed by atoms with Crippen LogP contribution in [0.4, 0.5) is 10.1 Å². The van der Waals surface area contributed by atoms with Gasteiger partial charge in [-0.25, -0.2) is 9.18 Å². The second-order valence-electron chi connectivity index (χ2n) is 4.63. The van der Waals surface area contributed by atoms with Gasteiger partial charge in [0.05, 0.1) is 12.3 Å². The molecule has 0 spiro atoms. The van der Waals surface area contributed by atoms with Gasteiger partial charge in [0.2, 0.25) is 0 Å². The first kappa shape index (κ1) is 16.2. The molecule has 0 aliphatic heterocycles. The van der Waals surface area contributed by atoms with Gasteiger partial charge >= 0.3 is 5.97 Å². The van der Waals surface area contributed by atoms with E-state index in [1.165, 1.54) is 12.1 Å². The summed E-state index contributed by atoms with van der Waals surface area (Å²) >= 11 is 0. The lowest BCUT2D eigenvalue weighted by molar-refractivity contribution is -0.131. The first-order valence-electron chi connectivity index (χ1n) is 6.42. The quantitative estimate of drug-likeness (QED) is 0.781. The molecule has 0 bridgehead atoms. The number of anilines is 1. The summed E-state index contributed by atoms with van der Waals surface area (Å²) in [7, 11) is 1.59. The minimum Gasteiger partial charge on any atom is -0.478 e. The summed E-state index contributed by atoms with van der Waals surface area (Å²) in [6, 6.07) is 4.70. The van der Waals surface area contributed by atoms with E-state index in [-0.39, 0.29) is 11.9 Å². The molecule has 0 fully saturated rings. The van der Waals surface area contributed by atoms with E-state index in [0.717, 1.165) is 6.08 Å². The highest BCUT2D eigenvalue weighted by Crippen LogP contribution is 2.27. The third-order valence-electron chi connectivity index (χ3n) is 2.87. The molecule has 0 saturated heterocycles. The van der Waals surface area contributed by atoms with Gasteiger partial charge in [0.25, 0.3) is 0 Å². The van der Waals surface area contributed by atoms with Crippen molar-refractivity contribution in [1.82, 2.24) is 0 Å². The van der Waals surface area contributed by atoms with Crippen LogP contribution in [0.1, 0.15) is 19.4 Å². The number of carbonyl (C=O) groups is 1. The van der Waals surface area contributed by atoms with Crippen LogP contribution >= 0.6 is 0 Å². The molecule has 0 saturated carbocycles. The molecule has 1 aromatic carbocycles. The Hall–Kier alpha value is -1.88. The van der Waals surface area contributed by atoms with Gasteiger partial charge in [0.15, 0.2) is 0 Å². The number of ether oxygens (including phenoxy) is 1. The number of hydrogen-bond donors (Lipinski definition) is 1. The fraction of sp³-hybridized carbons (Fsp3) is 0.400. The monoisotopic (exact) mass is 281 g/mol. The standard InChI is InChI=1S/C15H20FNO3/c1-11(2)17(9-10-20-3)15-12(7-8-14(18)19)5-4-6-13(15)16/h4-8,11H,9-10H2,1-3H3,(H,18,19)/b8-7+. The lowest BCUT2D eigenvalue weighted by Gasteiger charge is -2.30. The zero-order valence-electron chi connectivity index (χ0n) is 12.0. The lowest BCUT2D eigenvalue weighted by atomic mass is 10.1. The first-order chi connectivity index (χ1) is 9.47. The summed E-state index contributed by atoms with van der Waals surface area (Å²) in [5.74, 6) is -1.43. The zero-order valence-corrected chi connectivity index (χ0v) is 12.0. The average Bonchev–Trinajstić information content (AvgIpc) is 2.38. The molecule has 0 aromatic heterocycles. The van der Waals surface area contributed by atoms with Crippen LogP contribution in [-0.2, 0) is 9.53 Å². The minimum atomic E-state index is -1.06. The predicted octanol–water partition coefficient (Wildman–Crippen LogP) is 2.78. The van der Waals surface area contributed by atoms with Gasteiger partial charge in [0, 0.05) is 31.3 Å². The van der Waals surface area contributed by atoms with Crippen LogP contribution in [-0.4, -0.2) is 37.4 Å². The third kappa shape index (κ3) is 4.35. The maximum atomic E-state index is 14.1. The number of carboxylic acids is 1. The molecular weight excluding hydrogens is 261 g/mol. The average molecular weight is 281 g/mol. The summed E-state index contributed by atoms with van der Waals surface area (Å²) in [5.41, 5.74) is 0.939. The van der Waals surface area contributed by atoms with E-state index < -0.39 is 5.97 Å². The van der Waals surface area contributed by atoms with Crippen LogP contribution in [0.15, 0.2) is 24.3 Å². The SMILES string of the molecule is COCCN(c1c(F)cccc1/C=C/C(=O)O)C(C)C. The molecule has 0 amide bonds. The van der Waals surface area contributed by atoms with Crippen LogP contribution in [0, 0.1) is 5.82 Å². The van der Waals surface area contributed by atoms with E-state index >= 15 is 0 Å². The Balaban J connectivity index is 3.20. The number of carboxylic acid groups (broad SMARTS) is 1. The molecule has 1 aromatic rings. The van der Waals surface area contributed by atoms with Crippen LogP contribution in [0.5, 0.6) is 0 Å². The van der Waals surface area contributed by atoms with E-state index in [1.54, 1.807) is 19.2 Å². The first-order valence-corrected chi connectivity index (χ1v) is 6.42. The molecule has 20 heavy (non-hydrogen) atoms. The van der Waals surface area contributed by atoms with Gasteiger partial charge in [-0.15, -0.1) is 0 Å². The van der Waals surface area contributed by atoms with Gasteiger partial charge in [-0.1, -0.05) is 12.1 Å². The van der Waals surface area contributed by atoms with Crippen molar-refractivity contribution in [2.45, 2.75) is 19.9 Å². The Kier molecular flexibility index (Phi) is 6.18. The molecule has 0 aliphatic carbocycles. The number of aliphatic carboxylic acids is 1. The number of para-hydroxylation sites is 1. The largest absolute Gasteiger partial charge is 0.478 e. The van der Waals surface area contributed by atoms with Crippen LogP contribution in [0.2, 0.25) is 0 Å². The number of methoxy groups -OCH3 is 1. The Bertz CT molecular complexity index is 486. The topological polar surface area (TPSA) is 49.8 Å². The van der Waals surface area contributed by atoms with Crippen LogP contribution in [0.3, 0.4) is 0 Å². The Morgan fingerprint density at radius 3 is 2.75 bits per heavy atom. The maximum absolute atomic E-state index is 14.1. The molecule has 1 rings (SSSR count). The highest BCUT2D eigenvalue weighted by molar-refractivity contribution is 5.87. The number of hydrogen-bond acceptors (Lipinski definition) is 3. The summed E-state index contributed by atoms with van der Waals surface area (Å²) in [6.45, 7) is 4.90. The van der Waals surface area contributed by atoms with E-state index in [2.05, 4.69) is 0 Å². The van der Waals surface area contributed by atoms with Crippen molar-refractivity contribution in [3.63, 3.8) is 0 Å². The van der Waals surface area contributed by atoms with E-state index in [0.29, 0.717) is 24.4 Å². The van der Waals surface area contributed by atoms with Gasteiger partial charge in [0.1, 0.15) is 5.82 Å². The number of benzene rings is 1. The van der Waals surface area contributed by atoms with Crippen molar-refractivity contribution in [1.29, 1.82) is 0 Å². The highest BCUT2D eigenvalue weighted by atomic mass is 19.1.